The molecule has 0 spiro atoms. The Bertz CT molecular complexity index is 3400. The highest BCUT2D eigenvalue weighted by atomic mass is 79.9. The van der Waals surface area contributed by atoms with E-state index in [9.17, 15) is 47.8 Å². The molecule has 2 aromatic carbocycles. The van der Waals surface area contributed by atoms with Crippen LogP contribution < -0.4 is 10.6 Å². The van der Waals surface area contributed by atoms with Crippen molar-refractivity contribution in [1.82, 2.24) is 45.1 Å². The van der Waals surface area contributed by atoms with Gasteiger partial charge >= 0.3 is 35.9 Å². The van der Waals surface area contributed by atoms with Crippen molar-refractivity contribution in [2.75, 3.05) is 77.4 Å². The number of piperidine rings is 1. The van der Waals surface area contributed by atoms with Gasteiger partial charge in [0.05, 0.1) is 57.3 Å². The lowest BCUT2D eigenvalue weighted by molar-refractivity contribution is -0.156. The lowest BCUT2D eigenvalue weighted by Gasteiger charge is -2.40. The van der Waals surface area contributed by atoms with Gasteiger partial charge in [-0.1, -0.05) is 83.7 Å². The first-order valence-electron chi connectivity index (χ1n) is 28.9. The quantitative estimate of drug-likeness (QED) is 0.0567. The summed E-state index contributed by atoms with van der Waals surface area (Å²) in [5.41, 5.74) is 0.864. The minimum atomic E-state index is -0.933. The van der Waals surface area contributed by atoms with Crippen LogP contribution in [0.25, 0.3) is 0 Å². The second-order valence-corrected chi connectivity index (χ2v) is 25.6. The summed E-state index contributed by atoms with van der Waals surface area (Å²) < 4.78 is 39.2. The summed E-state index contributed by atoms with van der Waals surface area (Å²) in [5, 5.41) is 30.6. The van der Waals surface area contributed by atoms with Crippen LogP contribution in [0, 0.1) is 22.5 Å². The zero-order valence-corrected chi connectivity index (χ0v) is 52.6. The third-order valence-corrected chi connectivity index (χ3v) is 20.1. The van der Waals surface area contributed by atoms with Crippen LogP contribution in [0.15, 0.2) is 92.1 Å². The van der Waals surface area contributed by atoms with E-state index >= 15 is 0 Å². The third-order valence-electron chi connectivity index (χ3n) is 17.2. The van der Waals surface area contributed by atoms with Crippen molar-refractivity contribution in [3.05, 3.63) is 125 Å². The summed E-state index contributed by atoms with van der Waals surface area (Å²) in [5.74, 6) is -2.95. The zero-order valence-electron chi connectivity index (χ0n) is 47.8. The van der Waals surface area contributed by atoms with Crippen molar-refractivity contribution in [1.29, 1.82) is 0 Å². The van der Waals surface area contributed by atoms with Gasteiger partial charge in [0, 0.05) is 110 Å². The number of nitrogens with zero attached hydrogens (tertiary/aromatic N) is 9. The molecule has 28 heteroatoms. The van der Waals surface area contributed by atoms with Crippen molar-refractivity contribution in [2.45, 2.75) is 103 Å². The maximum Gasteiger partial charge on any atom is 0.338 e. The number of esters is 2. The van der Waals surface area contributed by atoms with Gasteiger partial charge < -0.3 is 49.9 Å². The molecule has 472 valence electrons. The molecule has 4 N–H and O–H groups in total. The summed E-state index contributed by atoms with van der Waals surface area (Å²) in [6.45, 7) is 8.27. The minimum absolute atomic E-state index is 0. The van der Waals surface area contributed by atoms with E-state index < -0.39 is 58.4 Å². The Balaban J connectivity index is 0.000000173. The van der Waals surface area contributed by atoms with Crippen LogP contribution in [-0.2, 0) is 28.7 Å². The molecular weight excluding hydrogens is 1290 g/mol. The van der Waals surface area contributed by atoms with E-state index in [4.69, 9.17) is 37.7 Å². The number of aliphatic carboxylic acids is 2. The largest absolute Gasteiger partial charge is 0.481 e. The van der Waals surface area contributed by atoms with Crippen LogP contribution in [0.3, 0.4) is 0 Å². The molecule has 0 unspecified atom stereocenters. The number of piperazine rings is 1. The Morgan fingerprint density at radius 2 is 1.16 bits per heavy atom. The molecule has 8 heterocycles. The Kier molecular flexibility index (Phi) is 21.3. The van der Waals surface area contributed by atoms with Crippen molar-refractivity contribution in [3.63, 3.8) is 0 Å². The van der Waals surface area contributed by atoms with Gasteiger partial charge in [-0.3, -0.25) is 24.5 Å². The van der Waals surface area contributed by atoms with E-state index in [-0.39, 0.29) is 66.5 Å². The lowest BCUT2D eigenvalue weighted by atomic mass is 9.68. The maximum absolute atomic E-state index is 14.6. The normalized spacial score (nSPS) is 22.6. The fourth-order valence-corrected chi connectivity index (χ4v) is 14.5. The number of aromatic nitrogens is 2. The van der Waals surface area contributed by atoms with Crippen LogP contribution in [0.5, 0.6) is 0 Å². The molecule has 4 atom stereocenters. The van der Waals surface area contributed by atoms with E-state index in [2.05, 4.69) is 46.4 Å². The van der Waals surface area contributed by atoms with Gasteiger partial charge in [-0.25, -0.2) is 37.9 Å². The summed E-state index contributed by atoms with van der Waals surface area (Å²) >= 11 is 18.7. The number of carbonyl (C=O) groups is 6. The summed E-state index contributed by atoms with van der Waals surface area (Å²) in [6.07, 6.45) is 11.1. The Labute approximate surface area is 535 Å². The molecule has 6 fully saturated rings. The van der Waals surface area contributed by atoms with Gasteiger partial charge in [-0.15, -0.1) is 22.7 Å². The number of aliphatic imine (C=N–C) groups is 2. The first-order valence-corrected chi connectivity index (χ1v) is 32.6. The molecule has 0 bridgehead atoms. The fraction of sp³-hybridized carbons (Fsp3) is 0.500. The van der Waals surface area contributed by atoms with Crippen LogP contribution >= 0.6 is 61.8 Å². The molecule has 8 aliphatic rings. The van der Waals surface area contributed by atoms with Gasteiger partial charge in [0.15, 0.2) is 21.7 Å². The van der Waals surface area contributed by atoms with E-state index in [1.807, 2.05) is 20.6 Å². The highest BCUT2D eigenvalue weighted by Crippen LogP contribution is 2.45. The smallest absolute Gasteiger partial charge is 0.338 e. The molecule has 2 saturated carbocycles. The second-order valence-electron chi connectivity index (χ2n) is 22.5. The van der Waals surface area contributed by atoms with Gasteiger partial charge in [-0.05, 0) is 70.9 Å². The molecule has 0 radical (unpaired) electrons. The van der Waals surface area contributed by atoms with Crippen molar-refractivity contribution < 1.29 is 57.2 Å². The number of benzene rings is 2. The molecule has 2 aromatic heterocycles. The third kappa shape index (κ3) is 13.6. The number of thiazole rings is 2. The standard InChI is InChI=1S/C29H32ClFN6O5S.C17H14BrClFN3O2S.C13H20N2O3.CH4/c1-2-42-26(38)21-20(33-24(25-32-9-12-43-25)34-23(21)18-5-3-6-19(31)22(18)30)15-35-10-11-37-17(13-35)14-36(28(37)41)16-29(27(39)40)7-4-8-29;1-2-25-17(24)12-11(8-18)22-15(16-21-6-7-26-16)23-14(12)9-4-3-5-10(20)13(9)19;16-11(17)13(5-3-6-13)9-14-8-10-4-1-2-7-15(10)12(14)18;/h3,5-6,9,12,17,23H,2,4,7-8,10-11,13-16H2,1H3,(H,33,34)(H,39,40);3-7,14H,2,8H2,1H3,(H,22,23);10H,1-9H2,(H,16,17);1H4/t17-,23-;14-;10-;/m000./s1. The summed E-state index contributed by atoms with van der Waals surface area (Å²) in [7, 11) is 0. The van der Waals surface area contributed by atoms with E-state index in [1.165, 1.54) is 53.4 Å². The second kappa shape index (κ2) is 28.5. The number of fused-ring (bicyclic) bond motifs is 2. The number of alkyl halides is 1. The molecule has 6 aliphatic heterocycles. The molecule has 4 saturated heterocycles. The Hall–Kier alpha value is -6.58. The summed E-state index contributed by atoms with van der Waals surface area (Å²) in [6, 6.07) is 7.28. The Morgan fingerprint density at radius 3 is 1.59 bits per heavy atom. The van der Waals surface area contributed by atoms with Crippen LogP contribution in [0.2, 0.25) is 10.0 Å². The van der Waals surface area contributed by atoms with E-state index in [0.717, 1.165) is 51.6 Å². The van der Waals surface area contributed by atoms with Gasteiger partial charge in [0.25, 0.3) is 0 Å². The molecule has 2 aliphatic carbocycles. The zero-order chi connectivity index (χ0) is 61.7. The first-order chi connectivity index (χ1) is 41.9. The molecule has 12 rings (SSSR count). The van der Waals surface area contributed by atoms with E-state index in [1.54, 1.807) is 48.2 Å². The Morgan fingerprint density at radius 1 is 0.682 bits per heavy atom. The van der Waals surface area contributed by atoms with Crippen molar-refractivity contribution in [2.24, 2.45) is 20.8 Å². The molecular formula is C60H70BrCl2F2N11O10S2. The van der Waals surface area contributed by atoms with Gasteiger partial charge in [-0.2, -0.15) is 0 Å². The minimum Gasteiger partial charge on any atom is -0.481 e. The predicted molar refractivity (Wildman–Crippen MR) is 333 cm³/mol. The average Bonchev–Trinajstić information content (AvgIpc) is 1.43. The van der Waals surface area contributed by atoms with Gasteiger partial charge in [0.1, 0.15) is 23.7 Å². The number of allylic oxidation sites excluding steroid dienone is 1. The first kappa shape index (κ1) is 65.9. The number of hydrogen-bond donors (Lipinski definition) is 4. The van der Waals surface area contributed by atoms with Crippen molar-refractivity contribution >= 4 is 109 Å². The number of carbonyl (C=O) groups excluding carboxylic acids is 4. The number of carboxylic acids is 2. The van der Waals surface area contributed by atoms with Crippen molar-refractivity contribution in [3.8, 4) is 0 Å². The number of ether oxygens (including phenoxy) is 2. The number of amides is 4. The molecule has 4 aromatic rings. The highest BCUT2D eigenvalue weighted by Gasteiger charge is 2.52. The van der Waals surface area contributed by atoms with Crippen LogP contribution in [0.1, 0.15) is 112 Å². The molecule has 21 nitrogen and oxygen atoms in total. The number of carboxylic acid groups (broad SMARTS) is 2. The predicted octanol–water partition coefficient (Wildman–Crippen LogP) is 9.93. The van der Waals surface area contributed by atoms with E-state index in [0.29, 0.717) is 108 Å². The maximum atomic E-state index is 14.6. The monoisotopic (exact) mass is 1360 g/mol. The van der Waals surface area contributed by atoms with Crippen LogP contribution in [-0.4, -0.2) is 182 Å². The van der Waals surface area contributed by atoms with Crippen LogP contribution in [0.4, 0.5) is 18.4 Å². The number of nitrogens with one attached hydrogen (secondary N) is 2. The highest BCUT2D eigenvalue weighted by molar-refractivity contribution is 9.09. The summed E-state index contributed by atoms with van der Waals surface area (Å²) in [4.78, 5) is 102. The molecule has 4 amide bonds. The topological polar surface area (TPSA) is 252 Å². The fourth-order valence-electron chi connectivity index (χ4n) is 12.4. The number of amidine groups is 2. The number of urea groups is 2. The van der Waals surface area contributed by atoms with Gasteiger partial charge in [0.2, 0.25) is 0 Å². The average molecular weight is 1360 g/mol. The number of rotatable bonds is 17. The lowest BCUT2D eigenvalue weighted by Crippen LogP contribution is -2.53. The SMILES string of the molecule is C.CCOC(=O)C1=C(CBr)NC(c2nccs2)=N[C@H]1c1cccc(F)c1Cl.CCOC(=O)C1=C(CN2CCN3C(=O)N(CC4(C(=O)O)CCC4)C[C@@H]3C2)NC(c2nccs2)=N[C@H]1c1cccc(F)c1Cl.O=C1N(CC2(C(=O)O)CCC2)C[C@@H]2CCCCN12. The number of halogens is 5. The molecule has 88 heavy (non-hydrogen) atoms. The number of hydrogen-bond acceptors (Lipinski definition) is 17.